The molecule has 8 nitrogen and oxygen atoms in total. The molecule has 1 N–H and O–H groups in total. The summed E-state index contributed by atoms with van der Waals surface area (Å²) in [6.45, 7) is 2.90. The first-order valence-corrected chi connectivity index (χ1v) is 7.75. The molecule has 0 unspecified atom stereocenters. The van der Waals surface area contributed by atoms with Crippen molar-refractivity contribution in [2.24, 2.45) is 0 Å². The van der Waals surface area contributed by atoms with Crippen LogP contribution in [0, 0.1) is 24.0 Å². The summed E-state index contributed by atoms with van der Waals surface area (Å²) in [4.78, 5) is 33.8. The Morgan fingerprint density at radius 3 is 2.38 bits per heavy atom. The zero-order valence-corrected chi connectivity index (χ0v) is 14.4. The van der Waals surface area contributed by atoms with Crippen LogP contribution in [0.4, 0.5) is 11.4 Å². The summed E-state index contributed by atoms with van der Waals surface area (Å²) in [6.07, 6.45) is 0. The van der Waals surface area contributed by atoms with Crippen LogP contribution in [0.2, 0.25) is 0 Å². The second-order valence-corrected chi connectivity index (χ2v) is 5.60. The molecule has 2 aromatic carbocycles. The fraction of sp³-hybridized carbons (Fsp3) is 0.222. The van der Waals surface area contributed by atoms with Crippen molar-refractivity contribution in [2.45, 2.75) is 13.8 Å². The molecule has 0 radical (unpaired) electrons. The number of carbonyl (C=O) groups is 2. The van der Waals surface area contributed by atoms with Crippen LogP contribution in [-0.4, -0.2) is 30.0 Å². The van der Waals surface area contributed by atoms with E-state index in [0.717, 1.165) is 11.1 Å². The first-order chi connectivity index (χ1) is 12.3. The van der Waals surface area contributed by atoms with E-state index in [1.54, 1.807) is 18.2 Å². The van der Waals surface area contributed by atoms with Gasteiger partial charge in [0.25, 0.3) is 11.6 Å². The zero-order valence-electron chi connectivity index (χ0n) is 14.4. The van der Waals surface area contributed by atoms with E-state index in [4.69, 9.17) is 9.47 Å². The van der Waals surface area contributed by atoms with Gasteiger partial charge in [-0.05, 0) is 43.2 Å². The van der Waals surface area contributed by atoms with E-state index in [2.05, 4.69) is 5.32 Å². The van der Waals surface area contributed by atoms with Gasteiger partial charge in [-0.1, -0.05) is 18.2 Å². The standard InChI is InChI=1S/C18H18N2O6/c1-12-7-13(2)9-14(8-12)25-11-18(22)26-10-17(21)19-15-5-3-4-6-16(15)20(23)24/h3-9H,10-11H2,1-2H3,(H,19,21). The van der Waals surface area contributed by atoms with E-state index < -0.39 is 23.4 Å². The van der Waals surface area contributed by atoms with Crippen molar-refractivity contribution in [2.75, 3.05) is 18.5 Å². The second-order valence-electron chi connectivity index (χ2n) is 5.60. The molecule has 0 bridgehead atoms. The third kappa shape index (κ3) is 5.59. The Morgan fingerprint density at radius 1 is 1.08 bits per heavy atom. The van der Waals surface area contributed by atoms with Crippen molar-refractivity contribution in [3.8, 4) is 5.75 Å². The van der Waals surface area contributed by atoms with Gasteiger partial charge in [0, 0.05) is 6.07 Å². The lowest BCUT2D eigenvalue weighted by Gasteiger charge is -2.09. The number of nitro groups is 1. The molecule has 2 aromatic rings. The molecule has 0 aliphatic heterocycles. The molecule has 0 fully saturated rings. The van der Waals surface area contributed by atoms with E-state index in [9.17, 15) is 19.7 Å². The molecule has 26 heavy (non-hydrogen) atoms. The van der Waals surface area contributed by atoms with Gasteiger partial charge in [-0.25, -0.2) is 4.79 Å². The van der Waals surface area contributed by atoms with Crippen LogP contribution in [0.25, 0.3) is 0 Å². The number of amides is 1. The van der Waals surface area contributed by atoms with Gasteiger partial charge >= 0.3 is 5.97 Å². The highest BCUT2D eigenvalue weighted by molar-refractivity contribution is 5.94. The number of anilines is 1. The average molecular weight is 358 g/mol. The van der Waals surface area contributed by atoms with Gasteiger partial charge in [0.2, 0.25) is 0 Å². The third-order valence-electron chi connectivity index (χ3n) is 3.29. The Balaban J connectivity index is 1.82. The maximum Gasteiger partial charge on any atom is 0.344 e. The van der Waals surface area contributed by atoms with Gasteiger partial charge < -0.3 is 14.8 Å². The Labute approximate surface area is 149 Å². The van der Waals surface area contributed by atoms with Crippen molar-refractivity contribution < 1.29 is 24.0 Å². The predicted molar refractivity (Wildman–Crippen MR) is 94.1 cm³/mol. The number of hydrogen-bond donors (Lipinski definition) is 1. The minimum atomic E-state index is -0.720. The summed E-state index contributed by atoms with van der Waals surface area (Å²) in [7, 11) is 0. The number of esters is 1. The quantitative estimate of drug-likeness (QED) is 0.463. The van der Waals surface area contributed by atoms with Crippen LogP contribution in [0.15, 0.2) is 42.5 Å². The van der Waals surface area contributed by atoms with E-state index in [-0.39, 0.29) is 18.0 Å². The number of ether oxygens (including phenoxy) is 2. The van der Waals surface area contributed by atoms with Crippen LogP contribution in [0.1, 0.15) is 11.1 Å². The zero-order chi connectivity index (χ0) is 19.1. The highest BCUT2D eigenvalue weighted by atomic mass is 16.6. The summed E-state index contributed by atoms with van der Waals surface area (Å²) in [5.74, 6) is -0.871. The highest BCUT2D eigenvalue weighted by Gasteiger charge is 2.16. The fourth-order valence-corrected chi connectivity index (χ4v) is 2.27. The number of nitrogens with one attached hydrogen (secondary N) is 1. The molecular weight excluding hydrogens is 340 g/mol. The van der Waals surface area contributed by atoms with Crippen LogP contribution in [0.3, 0.4) is 0 Å². The van der Waals surface area contributed by atoms with E-state index in [0.29, 0.717) is 5.75 Å². The summed E-state index contributed by atoms with van der Waals surface area (Å²) in [5, 5.41) is 13.2. The number of hydrogen-bond acceptors (Lipinski definition) is 6. The first kappa shape index (κ1) is 18.9. The van der Waals surface area contributed by atoms with Crippen molar-refractivity contribution in [3.05, 3.63) is 63.7 Å². The maximum atomic E-state index is 11.8. The lowest BCUT2D eigenvalue weighted by molar-refractivity contribution is -0.383. The summed E-state index contributed by atoms with van der Waals surface area (Å²) in [6, 6.07) is 11.2. The number of nitro benzene ring substituents is 1. The Kier molecular flexibility index (Phi) is 6.26. The largest absolute Gasteiger partial charge is 0.482 e. The molecule has 0 aliphatic carbocycles. The van der Waals surface area contributed by atoms with Crippen LogP contribution >= 0.6 is 0 Å². The van der Waals surface area contributed by atoms with Crippen LogP contribution < -0.4 is 10.1 Å². The van der Waals surface area contributed by atoms with Gasteiger partial charge in [0.15, 0.2) is 13.2 Å². The Morgan fingerprint density at radius 2 is 1.73 bits per heavy atom. The Hall–Kier alpha value is -3.42. The smallest absolute Gasteiger partial charge is 0.344 e. The number of rotatable bonds is 7. The molecular formula is C18H18N2O6. The number of aryl methyl sites for hydroxylation is 2. The first-order valence-electron chi connectivity index (χ1n) is 7.75. The topological polar surface area (TPSA) is 108 Å². The van der Waals surface area contributed by atoms with E-state index in [1.807, 2.05) is 19.9 Å². The number of carbonyl (C=O) groups excluding carboxylic acids is 2. The molecule has 0 aromatic heterocycles. The molecule has 0 heterocycles. The minimum Gasteiger partial charge on any atom is -0.482 e. The average Bonchev–Trinajstić information content (AvgIpc) is 2.57. The van der Waals surface area contributed by atoms with Crippen LogP contribution in [0.5, 0.6) is 5.75 Å². The predicted octanol–water partition coefficient (Wildman–Crippen LogP) is 2.77. The van der Waals surface area contributed by atoms with Crippen molar-refractivity contribution in [3.63, 3.8) is 0 Å². The number of benzene rings is 2. The van der Waals surface area contributed by atoms with Crippen molar-refractivity contribution >= 4 is 23.3 Å². The van der Waals surface area contributed by atoms with Gasteiger partial charge in [0.05, 0.1) is 4.92 Å². The van der Waals surface area contributed by atoms with E-state index >= 15 is 0 Å². The van der Waals surface area contributed by atoms with Gasteiger partial charge in [-0.15, -0.1) is 0 Å². The van der Waals surface area contributed by atoms with Crippen molar-refractivity contribution in [1.29, 1.82) is 0 Å². The third-order valence-corrected chi connectivity index (χ3v) is 3.29. The Bertz CT molecular complexity index is 814. The molecule has 0 aliphatic rings. The van der Waals surface area contributed by atoms with Gasteiger partial charge in [-0.3, -0.25) is 14.9 Å². The SMILES string of the molecule is Cc1cc(C)cc(OCC(=O)OCC(=O)Nc2ccccc2[N+](=O)[O-])c1. The van der Waals surface area contributed by atoms with Crippen LogP contribution in [-0.2, 0) is 14.3 Å². The fourth-order valence-electron chi connectivity index (χ4n) is 2.27. The normalized spacial score (nSPS) is 10.1. The monoisotopic (exact) mass is 358 g/mol. The molecule has 0 saturated carbocycles. The lowest BCUT2D eigenvalue weighted by Crippen LogP contribution is -2.24. The molecule has 136 valence electrons. The summed E-state index contributed by atoms with van der Waals surface area (Å²) in [5.41, 5.74) is 1.78. The summed E-state index contributed by atoms with van der Waals surface area (Å²) >= 11 is 0. The minimum absolute atomic E-state index is 0.0324. The van der Waals surface area contributed by atoms with Crippen molar-refractivity contribution in [1.82, 2.24) is 0 Å². The molecule has 0 spiro atoms. The molecule has 0 atom stereocenters. The van der Waals surface area contributed by atoms with Gasteiger partial charge in [0.1, 0.15) is 11.4 Å². The maximum absolute atomic E-state index is 11.8. The lowest BCUT2D eigenvalue weighted by atomic mass is 10.1. The molecule has 0 saturated heterocycles. The number of para-hydroxylation sites is 2. The summed E-state index contributed by atoms with van der Waals surface area (Å²) < 4.78 is 10.1. The number of nitrogens with zero attached hydrogens (tertiary/aromatic N) is 1. The molecule has 2 rings (SSSR count). The van der Waals surface area contributed by atoms with Gasteiger partial charge in [-0.2, -0.15) is 0 Å². The molecule has 8 heteroatoms. The highest BCUT2D eigenvalue weighted by Crippen LogP contribution is 2.22. The second kappa shape index (κ2) is 8.61. The van der Waals surface area contributed by atoms with E-state index in [1.165, 1.54) is 18.2 Å². The molecule has 1 amide bonds.